The van der Waals surface area contributed by atoms with Gasteiger partial charge in [-0.15, -0.1) is 0 Å². The molecule has 0 N–H and O–H groups in total. The van der Waals surface area contributed by atoms with Crippen LogP contribution < -0.4 is 14.4 Å². The molecule has 0 radical (unpaired) electrons. The summed E-state index contributed by atoms with van der Waals surface area (Å²) in [4.78, 5) is 30.0. The highest BCUT2D eigenvalue weighted by Crippen LogP contribution is 2.56. The molecule has 0 saturated carbocycles. The Labute approximate surface area is 229 Å². The summed E-state index contributed by atoms with van der Waals surface area (Å²) >= 11 is 3.48. The second-order valence-corrected chi connectivity index (χ2v) is 10.0. The van der Waals surface area contributed by atoms with Crippen LogP contribution in [0.15, 0.2) is 77.3 Å². The lowest BCUT2D eigenvalue weighted by molar-refractivity contribution is -0.150. The van der Waals surface area contributed by atoms with Gasteiger partial charge in [0.1, 0.15) is 17.5 Å². The van der Waals surface area contributed by atoms with E-state index in [4.69, 9.17) is 14.2 Å². The van der Waals surface area contributed by atoms with Crippen LogP contribution in [0, 0.1) is 16.7 Å². The summed E-state index contributed by atoms with van der Waals surface area (Å²) in [6.45, 7) is 0. The normalized spacial score (nSPS) is 23.1. The highest BCUT2D eigenvalue weighted by atomic mass is 79.9. The smallest absolute Gasteiger partial charge is 0.329 e. The summed E-state index contributed by atoms with van der Waals surface area (Å²) in [7, 11) is 4.39. The van der Waals surface area contributed by atoms with Crippen LogP contribution in [0.4, 0.5) is 5.69 Å². The maximum atomic E-state index is 14.5. The number of anilines is 1. The van der Waals surface area contributed by atoms with E-state index in [1.807, 2.05) is 41.3 Å². The third-order valence-corrected chi connectivity index (χ3v) is 8.05. The zero-order chi connectivity index (χ0) is 27.0. The van der Waals surface area contributed by atoms with Crippen molar-refractivity contribution in [2.24, 2.45) is 5.41 Å². The van der Waals surface area contributed by atoms with Crippen molar-refractivity contribution < 1.29 is 23.8 Å². The number of methoxy groups -OCH3 is 3. The van der Waals surface area contributed by atoms with Crippen LogP contribution in [0.3, 0.4) is 0 Å². The van der Waals surface area contributed by atoms with E-state index in [9.17, 15) is 14.9 Å². The van der Waals surface area contributed by atoms with Crippen molar-refractivity contribution in [3.63, 3.8) is 0 Å². The number of para-hydroxylation sites is 1. The van der Waals surface area contributed by atoms with Crippen LogP contribution in [0.2, 0.25) is 0 Å². The summed E-state index contributed by atoms with van der Waals surface area (Å²) in [5, 5.41) is 10.7. The fourth-order valence-corrected chi connectivity index (χ4v) is 6.25. The molecule has 0 spiro atoms. The van der Waals surface area contributed by atoms with Gasteiger partial charge in [-0.05, 0) is 63.5 Å². The quantitative estimate of drug-likeness (QED) is 0.288. The van der Waals surface area contributed by atoms with Gasteiger partial charge in [-0.3, -0.25) is 9.59 Å². The predicted molar refractivity (Wildman–Crippen MR) is 146 cm³/mol. The lowest BCUT2D eigenvalue weighted by Crippen LogP contribution is -2.46. The van der Waals surface area contributed by atoms with E-state index in [2.05, 4.69) is 22.0 Å². The van der Waals surface area contributed by atoms with Gasteiger partial charge in [0.2, 0.25) is 0 Å². The molecule has 1 saturated heterocycles. The summed E-state index contributed by atoms with van der Waals surface area (Å²) in [6, 6.07) is 20.6. The molecular weight excluding hydrogens is 548 g/mol. The van der Waals surface area contributed by atoms with Gasteiger partial charge in [0.05, 0.1) is 37.9 Å². The van der Waals surface area contributed by atoms with Gasteiger partial charge in [0, 0.05) is 17.2 Å². The van der Waals surface area contributed by atoms with Crippen LogP contribution >= 0.6 is 15.9 Å². The summed E-state index contributed by atoms with van der Waals surface area (Å²) in [6.07, 6.45) is 3.73. The minimum Gasteiger partial charge on any atom is -0.497 e. The van der Waals surface area contributed by atoms with Crippen LogP contribution in [0.1, 0.15) is 27.4 Å². The zero-order valence-electron chi connectivity index (χ0n) is 21.1. The number of Topliss-reactive ketones (excluding diaryl/α,β-unsaturated/α-hetero) is 1. The molecule has 3 aromatic rings. The summed E-state index contributed by atoms with van der Waals surface area (Å²) < 4.78 is 16.6. The van der Waals surface area contributed by atoms with Gasteiger partial charge in [-0.25, -0.2) is 0 Å². The fourth-order valence-electron chi connectivity index (χ4n) is 5.71. The van der Waals surface area contributed by atoms with E-state index < -0.39 is 29.4 Å². The van der Waals surface area contributed by atoms with Crippen molar-refractivity contribution in [2.45, 2.75) is 18.0 Å². The molecule has 38 heavy (non-hydrogen) atoms. The van der Waals surface area contributed by atoms with Crippen LogP contribution in [0.25, 0.3) is 6.08 Å². The molecule has 7 nitrogen and oxygen atoms in total. The number of esters is 1. The standard InChI is InChI=1S/C30H25BrN2O5/c1-36-21-12-8-19(9-13-21)26-27(28(34)20-10-14-24(37-2)22(31)16-20)33-23-7-5-4-6-18(23)11-15-25(33)30(26,17-32)29(35)38-3/h4-16,25-27H,1-3H3/t25-,26+,27-,30-/m0/s1. The third kappa shape index (κ3) is 3.77. The van der Waals surface area contributed by atoms with Gasteiger partial charge in [-0.2, -0.15) is 5.26 Å². The maximum absolute atomic E-state index is 14.5. The van der Waals surface area contributed by atoms with Crippen LogP contribution in [-0.2, 0) is 9.53 Å². The Hall–Kier alpha value is -4.09. The number of rotatable bonds is 6. The molecular formula is C30H25BrN2O5. The second-order valence-electron chi connectivity index (χ2n) is 9.15. The molecule has 1 fully saturated rings. The van der Waals surface area contributed by atoms with Crippen molar-refractivity contribution >= 4 is 39.4 Å². The molecule has 2 aliphatic heterocycles. The SMILES string of the molecule is COC(=O)[C@]1(C#N)[C@H](c2ccc(OC)cc2)[C@@H](C(=O)c2ccc(OC)c(Br)c2)N2c3ccccc3C=C[C@H]21. The first-order valence-electron chi connectivity index (χ1n) is 12.0. The molecule has 0 amide bonds. The van der Waals surface area contributed by atoms with Crippen molar-refractivity contribution in [2.75, 3.05) is 26.2 Å². The number of ketones is 1. The van der Waals surface area contributed by atoms with E-state index in [0.717, 1.165) is 11.3 Å². The number of hydrogen-bond acceptors (Lipinski definition) is 7. The van der Waals surface area contributed by atoms with Gasteiger partial charge >= 0.3 is 5.97 Å². The molecule has 8 heteroatoms. The molecule has 5 rings (SSSR count). The van der Waals surface area contributed by atoms with E-state index in [1.54, 1.807) is 56.7 Å². The van der Waals surface area contributed by atoms with Gasteiger partial charge in [0.25, 0.3) is 0 Å². The van der Waals surface area contributed by atoms with E-state index in [-0.39, 0.29) is 5.78 Å². The Bertz CT molecular complexity index is 1480. The third-order valence-electron chi connectivity index (χ3n) is 7.43. The number of carbonyl (C=O) groups is 2. The van der Waals surface area contributed by atoms with Crippen molar-refractivity contribution in [3.8, 4) is 17.6 Å². The monoisotopic (exact) mass is 572 g/mol. The zero-order valence-corrected chi connectivity index (χ0v) is 22.6. The molecule has 0 bridgehead atoms. The molecule has 192 valence electrons. The predicted octanol–water partition coefficient (Wildman–Crippen LogP) is 5.40. The topological polar surface area (TPSA) is 88.9 Å². The molecule has 3 aromatic carbocycles. The number of nitrogens with zero attached hydrogens (tertiary/aromatic N) is 2. The van der Waals surface area contributed by atoms with Crippen LogP contribution in [0.5, 0.6) is 11.5 Å². The largest absolute Gasteiger partial charge is 0.497 e. The highest BCUT2D eigenvalue weighted by molar-refractivity contribution is 9.10. The van der Waals surface area contributed by atoms with Gasteiger partial charge < -0.3 is 19.1 Å². The van der Waals surface area contributed by atoms with Gasteiger partial charge in [-0.1, -0.05) is 42.5 Å². The number of halogens is 1. The molecule has 0 aromatic heterocycles. The molecule has 2 aliphatic rings. The number of benzene rings is 3. The van der Waals surface area contributed by atoms with E-state index in [1.165, 1.54) is 7.11 Å². The van der Waals surface area contributed by atoms with E-state index in [0.29, 0.717) is 27.1 Å². The Kier molecular flexibility index (Phi) is 6.72. The maximum Gasteiger partial charge on any atom is 0.329 e. The minimum atomic E-state index is -1.70. The van der Waals surface area contributed by atoms with Crippen molar-refractivity contribution in [1.82, 2.24) is 0 Å². The molecule has 4 atom stereocenters. The Balaban J connectivity index is 1.79. The Morgan fingerprint density at radius 1 is 1.00 bits per heavy atom. The molecule has 0 aliphatic carbocycles. The van der Waals surface area contributed by atoms with Crippen molar-refractivity contribution in [3.05, 3.63) is 94.0 Å². The highest BCUT2D eigenvalue weighted by Gasteiger charge is 2.67. The first-order valence-corrected chi connectivity index (χ1v) is 12.8. The number of ether oxygens (including phenoxy) is 3. The van der Waals surface area contributed by atoms with E-state index >= 15 is 0 Å². The number of fused-ring (bicyclic) bond motifs is 3. The fraction of sp³-hybridized carbons (Fsp3) is 0.233. The summed E-state index contributed by atoms with van der Waals surface area (Å²) in [5.41, 5.74) is 1.04. The number of carbonyl (C=O) groups excluding carboxylic acids is 2. The van der Waals surface area contributed by atoms with Gasteiger partial charge in [0.15, 0.2) is 11.2 Å². The molecule has 2 heterocycles. The average Bonchev–Trinajstić information content (AvgIpc) is 3.28. The number of hydrogen-bond donors (Lipinski definition) is 0. The average molecular weight is 573 g/mol. The second kappa shape index (κ2) is 9.99. The molecule has 0 unspecified atom stereocenters. The first-order chi connectivity index (χ1) is 18.4. The Morgan fingerprint density at radius 3 is 2.37 bits per heavy atom. The number of nitriles is 1. The lowest BCUT2D eigenvalue weighted by Gasteiger charge is -2.36. The minimum absolute atomic E-state index is 0.231. The van der Waals surface area contributed by atoms with Crippen LogP contribution in [-0.4, -0.2) is 45.2 Å². The lowest BCUT2D eigenvalue weighted by atomic mass is 9.68. The van der Waals surface area contributed by atoms with Crippen molar-refractivity contribution in [1.29, 1.82) is 5.26 Å². The summed E-state index contributed by atoms with van der Waals surface area (Å²) in [5.74, 6) is -0.557. The Morgan fingerprint density at radius 2 is 1.74 bits per heavy atom. The first kappa shape index (κ1) is 25.6.